The first-order valence-electron chi connectivity index (χ1n) is 2.35. The average Bonchev–Trinajstić information content (AvgIpc) is 1.83. The molecule has 0 aliphatic heterocycles. The molecule has 0 rings (SSSR count). The van der Waals surface area contributed by atoms with Crippen LogP contribution >= 0.6 is 7.82 Å². The lowest BCUT2D eigenvalue weighted by Gasteiger charge is -2.20. The van der Waals surface area contributed by atoms with Gasteiger partial charge in [0.1, 0.15) is 0 Å². The van der Waals surface area contributed by atoms with E-state index in [1.165, 1.54) is 0 Å². The van der Waals surface area contributed by atoms with E-state index in [4.69, 9.17) is 0 Å². The average molecular weight is 193 g/mol. The van der Waals surface area contributed by atoms with Crippen LogP contribution in [0.15, 0.2) is 0 Å². The Balaban J connectivity index is 3.80. The molecule has 8 heteroatoms. The second-order valence-electron chi connectivity index (χ2n) is 1.52. The molecule has 0 aromatic carbocycles. The first-order valence-corrected chi connectivity index (χ1v) is 3.81. The minimum atomic E-state index is -4.74. The summed E-state index contributed by atoms with van der Waals surface area (Å²) in [5, 5.41) is 0. The van der Waals surface area contributed by atoms with E-state index in [1.807, 2.05) is 0 Å². The van der Waals surface area contributed by atoms with Crippen LogP contribution < -0.4 is 4.89 Å². The Hall–Kier alpha value is -0.100. The summed E-state index contributed by atoms with van der Waals surface area (Å²) in [5.74, 6) is 0. The maximum Gasteiger partial charge on any atom is 0.412 e. The number of alkyl halides is 3. The van der Waals surface area contributed by atoms with Crippen molar-refractivity contribution in [3.63, 3.8) is 0 Å². The van der Waals surface area contributed by atoms with Crippen LogP contribution in [0.4, 0.5) is 13.2 Å². The molecule has 0 saturated carbocycles. The van der Waals surface area contributed by atoms with E-state index in [-0.39, 0.29) is 0 Å². The van der Waals surface area contributed by atoms with Crippen molar-refractivity contribution in [2.45, 2.75) is 6.18 Å². The van der Waals surface area contributed by atoms with Gasteiger partial charge in [-0.2, -0.15) is 13.2 Å². The van der Waals surface area contributed by atoms with E-state index < -0.39 is 20.6 Å². The third-order valence-corrected chi connectivity index (χ3v) is 1.50. The summed E-state index contributed by atoms with van der Waals surface area (Å²) in [6.45, 7) is -1.86. The second kappa shape index (κ2) is 3.53. The van der Waals surface area contributed by atoms with Crippen LogP contribution in [0.3, 0.4) is 0 Å². The third-order valence-electron chi connectivity index (χ3n) is 0.610. The molecule has 1 atom stereocenters. The molecule has 0 N–H and O–H groups in total. The van der Waals surface area contributed by atoms with Crippen LogP contribution in [0, 0.1) is 0 Å². The van der Waals surface area contributed by atoms with E-state index in [0.29, 0.717) is 7.11 Å². The van der Waals surface area contributed by atoms with Gasteiger partial charge in [0.15, 0.2) is 6.61 Å². The van der Waals surface area contributed by atoms with Gasteiger partial charge in [0.2, 0.25) is 0 Å². The largest absolute Gasteiger partial charge is 0.756 e. The number of phosphoric acid groups is 1. The molecular weight excluding hydrogens is 188 g/mol. The summed E-state index contributed by atoms with van der Waals surface area (Å²) in [5.41, 5.74) is 0. The van der Waals surface area contributed by atoms with Gasteiger partial charge in [0, 0.05) is 7.11 Å². The lowest BCUT2D eigenvalue weighted by molar-refractivity contribution is -0.237. The molecule has 0 saturated heterocycles. The summed E-state index contributed by atoms with van der Waals surface area (Å²) in [4.78, 5) is 10.1. The van der Waals surface area contributed by atoms with Crippen LogP contribution in [0.5, 0.6) is 0 Å². The zero-order valence-electron chi connectivity index (χ0n) is 5.42. The molecule has 0 bridgehead atoms. The highest BCUT2D eigenvalue weighted by Gasteiger charge is 2.29. The monoisotopic (exact) mass is 193 g/mol. The Kier molecular flexibility index (Phi) is 3.50. The van der Waals surface area contributed by atoms with Gasteiger partial charge in [-0.05, 0) is 0 Å². The van der Waals surface area contributed by atoms with Gasteiger partial charge >= 0.3 is 6.18 Å². The molecule has 0 amide bonds. The molecule has 0 aromatic heterocycles. The molecule has 11 heavy (non-hydrogen) atoms. The maximum absolute atomic E-state index is 11.3. The smallest absolute Gasteiger partial charge is 0.412 e. The highest BCUT2D eigenvalue weighted by molar-refractivity contribution is 7.45. The van der Waals surface area contributed by atoms with E-state index in [1.54, 1.807) is 0 Å². The predicted octanol–water partition coefficient (Wildman–Crippen LogP) is 0.680. The van der Waals surface area contributed by atoms with Gasteiger partial charge in [-0.1, -0.05) is 0 Å². The normalized spacial score (nSPS) is 17.9. The number of halogens is 3. The van der Waals surface area contributed by atoms with E-state index in [0.717, 1.165) is 0 Å². The number of hydrogen-bond acceptors (Lipinski definition) is 4. The molecule has 4 nitrogen and oxygen atoms in total. The first-order chi connectivity index (χ1) is 4.77. The second-order valence-corrected chi connectivity index (χ2v) is 3.04. The van der Waals surface area contributed by atoms with Gasteiger partial charge in [-0.15, -0.1) is 0 Å². The number of rotatable bonds is 3. The summed E-state index contributed by atoms with van der Waals surface area (Å²) in [6.07, 6.45) is -4.67. The van der Waals surface area contributed by atoms with E-state index >= 15 is 0 Å². The third kappa shape index (κ3) is 6.30. The van der Waals surface area contributed by atoms with Gasteiger partial charge in [-0.25, -0.2) is 0 Å². The van der Waals surface area contributed by atoms with Crippen molar-refractivity contribution in [2.75, 3.05) is 13.7 Å². The zero-order chi connectivity index (χ0) is 9.12. The van der Waals surface area contributed by atoms with E-state index in [9.17, 15) is 22.6 Å². The van der Waals surface area contributed by atoms with Gasteiger partial charge in [-0.3, -0.25) is 4.57 Å². The first kappa shape index (κ1) is 10.9. The van der Waals surface area contributed by atoms with Crippen molar-refractivity contribution in [2.24, 2.45) is 0 Å². The molecule has 0 aliphatic rings. The number of hydrogen-bond donors (Lipinski definition) is 0. The highest BCUT2D eigenvalue weighted by Crippen LogP contribution is 2.38. The van der Waals surface area contributed by atoms with Crippen LogP contribution in [0.2, 0.25) is 0 Å². The van der Waals surface area contributed by atoms with Crippen LogP contribution in [0.25, 0.3) is 0 Å². The lowest BCUT2D eigenvalue weighted by atomic mass is 10.7. The zero-order valence-corrected chi connectivity index (χ0v) is 6.32. The lowest BCUT2D eigenvalue weighted by Crippen LogP contribution is -2.19. The predicted molar refractivity (Wildman–Crippen MR) is 26.6 cm³/mol. The molecule has 0 spiro atoms. The summed E-state index contributed by atoms with van der Waals surface area (Å²) >= 11 is 0. The van der Waals surface area contributed by atoms with Crippen molar-refractivity contribution in [3.8, 4) is 0 Å². The van der Waals surface area contributed by atoms with Crippen LogP contribution in [-0.2, 0) is 13.6 Å². The molecule has 0 fully saturated rings. The van der Waals surface area contributed by atoms with Crippen molar-refractivity contribution < 1.29 is 31.7 Å². The fourth-order valence-electron chi connectivity index (χ4n) is 0.205. The van der Waals surface area contributed by atoms with Gasteiger partial charge in [0.05, 0.1) is 0 Å². The van der Waals surface area contributed by atoms with Crippen molar-refractivity contribution in [1.82, 2.24) is 0 Å². The quantitative estimate of drug-likeness (QED) is 0.618. The topological polar surface area (TPSA) is 58.6 Å². The fraction of sp³-hybridized carbons (Fsp3) is 1.00. The Labute approximate surface area is 60.5 Å². The summed E-state index contributed by atoms with van der Waals surface area (Å²) in [7, 11) is -4.03. The Morgan fingerprint density at radius 3 is 2.27 bits per heavy atom. The standard InChI is InChI=1S/C3H6F3O4P/c1-9-11(7,8)10-2-3(4,5)6/h2H2,1H3,(H,7,8)/p-1. The molecule has 1 unspecified atom stereocenters. The Bertz CT molecular complexity index is 166. The van der Waals surface area contributed by atoms with Crippen LogP contribution in [0.1, 0.15) is 0 Å². The van der Waals surface area contributed by atoms with Crippen molar-refractivity contribution >= 4 is 7.82 Å². The highest BCUT2D eigenvalue weighted by atomic mass is 31.2. The molecule has 0 radical (unpaired) electrons. The molecule has 68 valence electrons. The minimum absolute atomic E-state index is 0.712. The van der Waals surface area contributed by atoms with E-state index in [2.05, 4.69) is 9.05 Å². The summed E-state index contributed by atoms with van der Waals surface area (Å²) in [6, 6.07) is 0. The summed E-state index contributed by atoms with van der Waals surface area (Å²) < 4.78 is 51.0. The Morgan fingerprint density at radius 2 is 2.00 bits per heavy atom. The van der Waals surface area contributed by atoms with Gasteiger partial charge in [0.25, 0.3) is 7.82 Å². The minimum Gasteiger partial charge on any atom is -0.756 e. The molecule has 0 aliphatic carbocycles. The Morgan fingerprint density at radius 1 is 1.55 bits per heavy atom. The van der Waals surface area contributed by atoms with Crippen molar-refractivity contribution in [1.29, 1.82) is 0 Å². The van der Waals surface area contributed by atoms with Crippen molar-refractivity contribution in [3.05, 3.63) is 0 Å². The number of phosphoric ester groups is 1. The van der Waals surface area contributed by atoms with Crippen LogP contribution in [-0.4, -0.2) is 19.9 Å². The maximum atomic E-state index is 11.3. The fourth-order valence-corrected chi connectivity index (χ4v) is 0.615. The molecular formula is C3H5F3O4P-. The van der Waals surface area contributed by atoms with Gasteiger partial charge < -0.3 is 13.9 Å². The molecule has 0 heterocycles. The molecule has 0 aromatic rings. The SMILES string of the molecule is COP(=O)([O-])OCC(F)(F)F.